The van der Waals surface area contributed by atoms with Gasteiger partial charge in [0.2, 0.25) is 0 Å². The van der Waals surface area contributed by atoms with Crippen LogP contribution in [0.2, 0.25) is 0 Å². The van der Waals surface area contributed by atoms with Gasteiger partial charge in [-0.2, -0.15) is 10.2 Å². The van der Waals surface area contributed by atoms with Gasteiger partial charge in [-0.1, -0.05) is 46.8 Å². The lowest BCUT2D eigenvalue weighted by atomic mass is 9.87. The number of nitrogen functional groups attached to an aromatic ring is 1. The lowest BCUT2D eigenvalue weighted by Crippen LogP contribution is -2.45. The van der Waals surface area contributed by atoms with E-state index in [1.807, 2.05) is 12.1 Å². The van der Waals surface area contributed by atoms with E-state index in [-0.39, 0.29) is 29.8 Å². The van der Waals surface area contributed by atoms with Crippen LogP contribution in [0.25, 0.3) is 5.52 Å². The van der Waals surface area contributed by atoms with Gasteiger partial charge in [0.15, 0.2) is 18.0 Å². The molecule has 15 nitrogen and oxygen atoms in total. The number of methoxy groups -OCH3 is 1. The molecule has 3 N–H and O–H groups in total. The summed E-state index contributed by atoms with van der Waals surface area (Å²) in [5.41, 5.74) is 6.34. The van der Waals surface area contributed by atoms with E-state index in [1.54, 1.807) is 45.0 Å². The Bertz CT molecular complexity index is 1670. The van der Waals surface area contributed by atoms with Crippen LogP contribution in [0, 0.1) is 0 Å². The molecule has 1 saturated heterocycles. The van der Waals surface area contributed by atoms with Crippen LogP contribution in [0.5, 0.6) is 5.75 Å². The van der Waals surface area contributed by atoms with Crippen molar-refractivity contribution in [3.8, 4) is 5.75 Å². The van der Waals surface area contributed by atoms with Crippen molar-refractivity contribution in [1.29, 1.82) is 0 Å². The number of ether oxygens (including phenoxy) is 4. The van der Waals surface area contributed by atoms with Crippen molar-refractivity contribution in [3.63, 3.8) is 0 Å². The second kappa shape index (κ2) is 14.6. The Hall–Kier alpha value is -4.04. The summed E-state index contributed by atoms with van der Waals surface area (Å²) in [6.07, 6.45) is -2.27. The Balaban J connectivity index is 1.73. The Morgan fingerprint density at radius 2 is 1.73 bits per heavy atom. The standard InChI is InChI=1S/C32H44N5O10P/c1-9-25(38)44-27-23(46-32(7,28(27)45-26(39)10-2)24-16-15-22-29(33)34-18-35-37(22)24)17-43-48(41,36-19(3)30(40)42-8)47-21-13-11-20(12-14-21)31(4,5)6/h11-16,18-19,23,27-28H,9-10,17H2,1-8H3,(H,36,41)(H2,33,34,35)/t19-,23+,27+,28+,32-,48?/m0/s1. The Kier molecular flexibility index (Phi) is 11.2. The van der Waals surface area contributed by atoms with Gasteiger partial charge in [-0.3, -0.25) is 18.9 Å². The van der Waals surface area contributed by atoms with Crippen molar-refractivity contribution < 1.29 is 46.9 Å². The van der Waals surface area contributed by atoms with E-state index in [0.29, 0.717) is 11.2 Å². The molecule has 1 aromatic carbocycles. The zero-order valence-corrected chi connectivity index (χ0v) is 29.3. The summed E-state index contributed by atoms with van der Waals surface area (Å²) < 4.78 is 50.6. The lowest BCUT2D eigenvalue weighted by Gasteiger charge is -2.31. The first-order valence-electron chi connectivity index (χ1n) is 15.6. The SMILES string of the molecule is CCC(=O)O[C@H]1[C@@H](OC(=O)CC)[C@](C)(c2ccc3c(N)ncnn23)O[C@@H]1COP(=O)(N[C@@H](C)C(=O)OC)Oc1ccc(C(C)(C)C)cc1. The average Bonchev–Trinajstić information content (AvgIpc) is 3.60. The number of aromatic nitrogens is 3. The summed E-state index contributed by atoms with van der Waals surface area (Å²) in [7, 11) is -3.17. The van der Waals surface area contributed by atoms with E-state index >= 15 is 0 Å². The normalized spacial score (nSPS) is 22.9. The summed E-state index contributed by atoms with van der Waals surface area (Å²) in [6.45, 7) is 12.0. The van der Waals surface area contributed by atoms with Crippen LogP contribution in [0.4, 0.5) is 5.82 Å². The van der Waals surface area contributed by atoms with Crippen molar-refractivity contribution in [1.82, 2.24) is 19.7 Å². The van der Waals surface area contributed by atoms with Crippen LogP contribution in [0.15, 0.2) is 42.7 Å². The minimum absolute atomic E-state index is 0.0113. The summed E-state index contributed by atoms with van der Waals surface area (Å²) in [4.78, 5) is 41.8. The molecule has 0 radical (unpaired) electrons. The quantitative estimate of drug-likeness (QED) is 0.147. The van der Waals surface area contributed by atoms with E-state index in [0.717, 1.165) is 5.56 Å². The third kappa shape index (κ3) is 7.97. The first kappa shape index (κ1) is 36.8. The summed E-state index contributed by atoms with van der Waals surface area (Å²) >= 11 is 0. The molecule has 1 fully saturated rings. The van der Waals surface area contributed by atoms with E-state index < -0.39 is 62.2 Å². The molecule has 3 heterocycles. The van der Waals surface area contributed by atoms with E-state index in [4.69, 9.17) is 33.7 Å². The molecule has 0 aliphatic carbocycles. The van der Waals surface area contributed by atoms with Gasteiger partial charge in [0.25, 0.3) is 0 Å². The molecule has 0 bridgehead atoms. The molecule has 1 unspecified atom stereocenters. The highest BCUT2D eigenvalue weighted by molar-refractivity contribution is 7.52. The predicted octanol–water partition coefficient (Wildman–Crippen LogP) is 4.22. The molecule has 0 saturated carbocycles. The third-order valence-electron chi connectivity index (χ3n) is 7.96. The lowest BCUT2D eigenvalue weighted by molar-refractivity contribution is -0.170. The number of hydrogen-bond acceptors (Lipinski definition) is 13. The number of rotatable bonds is 13. The first-order valence-corrected chi connectivity index (χ1v) is 17.1. The number of carbonyl (C=O) groups excluding carboxylic acids is 3. The van der Waals surface area contributed by atoms with Gasteiger partial charge in [-0.15, -0.1) is 0 Å². The fourth-order valence-electron chi connectivity index (χ4n) is 5.28. The van der Waals surface area contributed by atoms with Crippen molar-refractivity contribution in [3.05, 3.63) is 54.0 Å². The Morgan fingerprint density at radius 1 is 1.08 bits per heavy atom. The average molecular weight is 690 g/mol. The van der Waals surface area contributed by atoms with Crippen molar-refractivity contribution in [2.45, 2.75) is 96.7 Å². The van der Waals surface area contributed by atoms with Gasteiger partial charge in [-0.25, -0.2) is 14.1 Å². The highest BCUT2D eigenvalue weighted by Gasteiger charge is 2.59. The van der Waals surface area contributed by atoms with E-state index in [9.17, 15) is 18.9 Å². The third-order valence-corrected chi connectivity index (χ3v) is 9.60. The van der Waals surface area contributed by atoms with Gasteiger partial charge in [0.1, 0.15) is 35.3 Å². The van der Waals surface area contributed by atoms with Crippen LogP contribution in [-0.4, -0.2) is 70.6 Å². The molecular weight excluding hydrogens is 645 g/mol. The van der Waals surface area contributed by atoms with Crippen molar-refractivity contribution in [2.75, 3.05) is 19.5 Å². The molecular formula is C32H44N5O10P. The van der Waals surface area contributed by atoms with E-state index in [2.05, 4.69) is 35.9 Å². The van der Waals surface area contributed by atoms with E-state index in [1.165, 1.54) is 24.9 Å². The maximum Gasteiger partial charge on any atom is 0.459 e. The largest absolute Gasteiger partial charge is 0.468 e. The number of nitrogens with two attached hydrogens (primary N) is 1. The summed E-state index contributed by atoms with van der Waals surface area (Å²) in [5, 5.41) is 6.92. The van der Waals surface area contributed by atoms with Gasteiger partial charge in [-0.05, 0) is 49.1 Å². The van der Waals surface area contributed by atoms with Crippen LogP contribution in [-0.2, 0) is 53.4 Å². The van der Waals surface area contributed by atoms with Gasteiger partial charge < -0.3 is 29.2 Å². The molecule has 2 aromatic heterocycles. The second-order valence-electron chi connectivity index (χ2n) is 12.5. The number of esters is 3. The van der Waals surface area contributed by atoms with Crippen LogP contribution in [0.3, 0.4) is 0 Å². The van der Waals surface area contributed by atoms with Crippen molar-refractivity contribution in [2.24, 2.45) is 0 Å². The molecule has 3 aromatic rings. The topological polar surface area (TPSA) is 192 Å². The Morgan fingerprint density at radius 3 is 2.33 bits per heavy atom. The summed E-state index contributed by atoms with van der Waals surface area (Å²) in [5.74, 6) is -1.48. The highest BCUT2D eigenvalue weighted by Crippen LogP contribution is 2.48. The number of anilines is 1. The molecule has 6 atom stereocenters. The predicted molar refractivity (Wildman–Crippen MR) is 174 cm³/mol. The zero-order valence-electron chi connectivity index (χ0n) is 28.4. The fraction of sp³-hybridized carbons (Fsp3) is 0.531. The number of carbonyl (C=O) groups is 3. The smallest absolute Gasteiger partial charge is 0.459 e. The number of nitrogens with zero attached hydrogens (tertiary/aromatic N) is 3. The molecule has 48 heavy (non-hydrogen) atoms. The fourth-order valence-corrected chi connectivity index (χ4v) is 6.78. The van der Waals surface area contributed by atoms with Gasteiger partial charge in [0.05, 0.1) is 19.4 Å². The van der Waals surface area contributed by atoms with Crippen molar-refractivity contribution >= 4 is 37.0 Å². The zero-order chi connectivity index (χ0) is 35.4. The number of benzene rings is 1. The highest BCUT2D eigenvalue weighted by atomic mass is 31.2. The molecule has 4 rings (SSSR count). The Labute approximate surface area is 279 Å². The molecule has 0 amide bonds. The molecule has 262 valence electrons. The number of fused-ring (bicyclic) bond motifs is 1. The van der Waals surface area contributed by atoms with Crippen LogP contribution >= 0.6 is 7.75 Å². The van der Waals surface area contributed by atoms with Gasteiger partial charge in [0, 0.05) is 12.8 Å². The second-order valence-corrected chi connectivity index (χ2v) is 14.2. The molecule has 0 spiro atoms. The first-order chi connectivity index (χ1) is 22.5. The molecule has 1 aliphatic heterocycles. The maximum atomic E-state index is 14.3. The minimum atomic E-state index is -4.36. The monoisotopic (exact) mass is 689 g/mol. The number of hydrogen-bond donors (Lipinski definition) is 2. The minimum Gasteiger partial charge on any atom is -0.468 e. The molecule has 1 aliphatic rings. The van der Waals surface area contributed by atoms with Crippen LogP contribution in [0.1, 0.15) is 72.6 Å². The van der Waals surface area contributed by atoms with Gasteiger partial charge >= 0.3 is 25.7 Å². The number of nitrogens with one attached hydrogen (secondary N) is 1. The maximum absolute atomic E-state index is 14.3. The van der Waals surface area contributed by atoms with Crippen LogP contribution < -0.4 is 15.3 Å². The summed E-state index contributed by atoms with van der Waals surface area (Å²) in [6, 6.07) is 9.21. The molecule has 16 heteroatoms.